The van der Waals surface area contributed by atoms with Gasteiger partial charge in [-0.3, -0.25) is 9.48 Å². The summed E-state index contributed by atoms with van der Waals surface area (Å²) < 4.78 is 47.3. The maximum Gasteiger partial charge on any atom is 0.391 e. The predicted molar refractivity (Wildman–Crippen MR) is 138 cm³/mol. The van der Waals surface area contributed by atoms with E-state index in [2.05, 4.69) is 20.5 Å². The van der Waals surface area contributed by atoms with E-state index < -0.39 is 29.8 Å². The number of hydrogen-bond donors (Lipinski definition) is 2. The molecule has 12 heteroatoms. The normalized spacial score (nSPS) is 23.5. The van der Waals surface area contributed by atoms with Crippen LogP contribution in [-0.4, -0.2) is 66.3 Å². The lowest BCUT2D eigenvalue weighted by Gasteiger charge is -2.33. The Morgan fingerprint density at radius 2 is 1.95 bits per heavy atom. The summed E-state index contributed by atoms with van der Waals surface area (Å²) in [5, 5.41) is 22.4. The van der Waals surface area contributed by atoms with Crippen molar-refractivity contribution in [1.82, 2.24) is 24.4 Å². The molecule has 0 spiro atoms. The summed E-state index contributed by atoms with van der Waals surface area (Å²) in [5.74, 6) is 0.133. The summed E-state index contributed by atoms with van der Waals surface area (Å²) in [4.78, 5) is 17.3. The second-order valence-electron chi connectivity index (χ2n) is 11.8. The number of Topliss-reactive ketones (excluding diaryl/α,β-unsaturated/α-hetero) is 1. The Hall–Kier alpha value is -2.99. The van der Waals surface area contributed by atoms with Crippen LogP contribution in [0, 0.1) is 5.92 Å². The van der Waals surface area contributed by atoms with Crippen LogP contribution in [-0.2, 0) is 15.1 Å². The summed E-state index contributed by atoms with van der Waals surface area (Å²) in [7, 11) is 0. The summed E-state index contributed by atoms with van der Waals surface area (Å²) >= 11 is 0. The molecule has 4 heterocycles. The minimum Gasteiger partial charge on any atom is -0.390 e. The van der Waals surface area contributed by atoms with E-state index in [1.165, 1.54) is 6.92 Å². The fourth-order valence-electron chi connectivity index (χ4n) is 5.52. The average molecular weight is 549 g/mol. The topological polar surface area (TPSA) is 107 Å². The first-order valence-electron chi connectivity index (χ1n) is 13.4. The highest BCUT2D eigenvalue weighted by molar-refractivity contribution is 5.89. The van der Waals surface area contributed by atoms with Crippen molar-refractivity contribution in [2.75, 3.05) is 18.5 Å². The number of nitrogens with zero attached hydrogens (tertiary/aromatic N) is 5. The van der Waals surface area contributed by atoms with Gasteiger partial charge >= 0.3 is 6.18 Å². The van der Waals surface area contributed by atoms with Gasteiger partial charge in [-0.15, -0.1) is 5.10 Å². The van der Waals surface area contributed by atoms with Gasteiger partial charge < -0.3 is 15.2 Å². The Kier molecular flexibility index (Phi) is 6.99. The van der Waals surface area contributed by atoms with Gasteiger partial charge in [-0.25, -0.2) is 9.50 Å². The summed E-state index contributed by atoms with van der Waals surface area (Å²) in [5.41, 5.74) is 1.61. The monoisotopic (exact) mass is 548 g/mol. The number of alkyl halides is 3. The fraction of sp³-hybridized carbons (Fsp3) is 0.630. The Labute approximate surface area is 224 Å². The van der Waals surface area contributed by atoms with Gasteiger partial charge in [0.25, 0.3) is 0 Å². The zero-order chi connectivity index (χ0) is 28.2. The van der Waals surface area contributed by atoms with Crippen molar-refractivity contribution >= 4 is 17.2 Å². The first-order valence-corrected chi connectivity index (χ1v) is 13.4. The third kappa shape index (κ3) is 5.67. The molecule has 5 rings (SSSR count). The van der Waals surface area contributed by atoms with Crippen LogP contribution in [0.2, 0.25) is 0 Å². The third-order valence-electron chi connectivity index (χ3n) is 8.02. The van der Waals surface area contributed by atoms with Crippen LogP contribution in [0.15, 0.2) is 24.7 Å². The Bertz CT molecular complexity index is 1350. The second-order valence-corrected chi connectivity index (χ2v) is 11.8. The third-order valence-corrected chi connectivity index (χ3v) is 8.02. The number of aromatic nitrogens is 5. The van der Waals surface area contributed by atoms with Crippen molar-refractivity contribution in [2.24, 2.45) is 5.92 Å². The minimum atomic E-state index is -4.30. The average Bonchev–Trinajstić information content (AvgIpc) is 3.42. The molecule has 3 aromatic rings. The molecule has 1 atom stereocenters. The lowest BCUT2D eigenvalue weighted by atomic mass is 9.78. The van der Waals surface area contributed by atoms with E-state index in [1.54, 1.807) is 21.6 Å². The molecule has 39 heavy (non-hydrogen) atoms. The predicted octanol–water partition coefficient (Wildman–Crippen LogP) is 4.70. The lowest BCUT2D eigenvalue weighted by Crippen LogP contribution is -2.47. The van der Waals surface area contributed by atoms with Gasteiger partial charge in [-0.1, -0.05) is 0 Å². The van der Waals surface area contributed by atoms with Crippen molar-refractivity contribution in [2.45, 2.75) is 89.1 Å². The minimum absolute atomic E-state index is 0.0621. The van der Waals surface area contributed by atoms with E-state index in [1.807, 2.05) is 33.0 Å². The molecule has 2 N–H and O–H groups in total. The van der Waals surface area contributed by atoms with Gasteiger partial charge in [0.05, 0.1) is 49.1 Å². The second kappa shape index (κ2) is 9.88. The van der Waals surface area contributed by atoms with Gasteiger partial charge in [-0.2, -0.15) is 18.3 Å². The molecule has 1 saturated carbocycles. The zero-order valence-electron chi connectivity index (χ0n) is 22.6. The molecule has 0 amide bonds. The summed E-state index contributed by atoms with van der Waals surface area (Å²) in [6.45, 7) is 7.81. The van der Waals surface area contributed by atoms with Crippen molar-refractivity contribution < 1.29 is 27.8 Å². The number of halogens is 3. The highest BCUT2D eigenvalue weighted by Gasteiger charge is 2.40. The van der Waals surface area contributed by atoms with Crippen LogP contribution in [0.5, 0.6) is 0 Å². The number of carbonyl (C=O) groups is 1. The Morgan fingerprint density at radius 3 is 2.56 bits per heavy atom. The van der Waals surface area contributed by atoms with Crippen molar-refractivity contribution in [3.05, 3.63) is 30.4 Å². The summed E-state index contributed by atoms with van der Waals surface area (Å²) in [6, 6.07) is 1.12. The van der Waals surface area contributed by atoms with Gasteiger partial charge in [0, 0.05) is 35.0 Å². The molecular weight excluding hydrogens is 513 g/mol. The number of nitrogens with one attached hydrogen (secondary N) is 1. The highest BCUT2D eigenvalue weighted by Crippen LogP contribution is 2.41. The highest BCUT2D eigenvalue weighted by atomic mass is 19.4. The lowest BCUT2D eigenvalue weighted by molar-refractivity contribution is -0.144. The summed E-state index contributed by atoms with van der Waals surface area (Å²) in [6.07, 6.45) is 2.61. The SMILES string of the molecule is C[C@@H](CC(F)(F)F)Nc1ncc2c(-c3cnn(C(C)(C)C(=O)C4COC4)c3)cc(C3CCC(C)(O)CC3)n2n1. The largest absolute Gasteiger partial charge is 0.391 e. The molecule has 0 bridgehead atoms. The van der Waals surface area contributed by atoms with Gasteiger partial charge in [0.2, 0.25) is 5.95 Å². The van der Waals surface area contributed by atoms with Crippen molar-refractivity contribution in [3.63, 3.8) is 0 Å². The van der Waals surface area contributed by atoms with E-state index >= 15 is 0 Å². The number of anilines is 1. The number of carbonyl (C=O) groups excluding carboxylic acids is 1. The Balaban J connectivity index is 1.50. The van der Waals surface area contributed by atoms with Gasteiger partial charge in [-0.05, 0) is 59.4 Å². The Morgan fingerprint density at radius 1 is 1.26 bits per heavy atom. The number of aliphatic hydroxyl groups is 1. The molecular formula is C27H35F3N6O3. The van der Waals surface area contributed by atoms with Crippen LogP contribution >= 0.6 is 0 Å². The number of ether oxygens (including phenoxy) is 1. The fourth-order valence-corrected chi connectivity index (χ4v) is 5.52. The molecule has 212 valence electrons. The molecule has 1 saturated heterocycles. The number of hydrogen-bond acceptors (Lipinski definition) is 7. The van der Waals surface area contributed by atoms with E-state index in [0.717, 1.165) is 29.7 Å². The number of rotatable bonds is 8. The van der Waals surface area contributed by atoms with Gasteiger partial charge in [0.1, 0.15) is 5.54 Å². The van der Waals surface area contributed by atoms with Gasteiger partial charge in [0.15, 0.2) is 5.78 Å². The van der Waals surface area contributed by atoms with E-state index in [4.69, 9.17) is 4.74 Å². The molecule has 2 fully saturated rings. The maximum absolute atomic E-state index is 13.0. The first-order chi connectivity index (χ1) is 18.2. The van der Waals surface area contributed by atoms with Crippen LogP contribution < -0.4 is 5.32 Å². The quantitative estimate of drug-likeness (QED) is 0.420. The molecule has 1 aliphatic carbocycles. The molecule has 0 aromatic carbocycles. The molecule has 2 aliphatic rings. The molecule has 1 aliphatic heterocycles. The maximum atomic E-state index is 13.0. The van der Waals surface area contributed by atoms with E-state index in [0.29, 0.717) is 31.6 Å². The number of fused-ring (bicyclic) bond motifs is 1. The van der Waals surface area contributed by atoms with Crippen molar-refractivity contribution in [1.29, 1.82) is 0 Å². The van der Waals surface area contributed by atoms with Crippen molar-refractivity contribution in [3.8, 4) is 11.1 Å². The smallest absolute Gasteiger partial charge is 0.390 e. The molecule has 3 aromatic heterocycles. The first kappa shape index (κ1) is 27.6. The van der Waals surface area contributed by atoms with E-state index in [-0.39, 0.29) is 23.6 Å². The van der Waals surface area contributed by atoms with Crippen LogP contribution in [0.25, 0.3) is 16.6 Å². The standard InChI is InChI=1S/C27H35F3N6O3/c1-16(10-27(28,29)30)33-24-31-12-22-20(9-21(36(22)34-24)17-5-7-26(4,38)8-6-17)18-11-32-35(13-18)25(2,3)23(37)19-14-39-15-19/h9,11-13,16-17,19,38H,5-8,10,14-15H2,1-4H3,(H,33,34)/t16-,17?,26?/m0/s1. The van der Waals surface area contributed by atoms with E-state index in [9.17, 15) is 23.1 Å². The van der Waals surface area contributed by atoms with Crippen LogP contribution in [0.4, 0.5) is 19.1 Å². The zero-order valence-corrected chi connectivity index (χ0v) is 22.6. The van der Waals surface area contributed by atoms with Crippen LogP contribution in [0.1, 0.15) is 71.4 Å². The number of ketones is 1. The van der Waals surface area contributed by atoms with Crippen LogP contribution in [0.3, 0.4) is 0 Å². The molecule has 0 radical (unpaired) electrons. The molecule has 0 unspecified atom stereocenters. The molecule has 9 nitrogen and oxygen atoms in total.